The lowest BCUT2D eigenvalue weighted by Crippen LogP contribution is -2.38. The van der Waals surface area contributed by atoms with E-state index in [9.17, 15) is 9.59 Å². The summed E-state index contributed by atoms with van der Waals surface area (Å²) in [5.74, 6) is 0.0561. The summed E-state index contributed by atoms with van der Waals surface area (Å²) in [5, 5.41) is 8.20. The highest BCUT2D eigenvalue weighted by Gasteiger charge is 2.23. The number of anilines is 1. The van der Waals surface area contributed by atoms with E-state index in [4.69, 9.17) is 16.7 Å². The van der Waals surface area contributed by atoms with Crippen LogP contribution in [0.15, 0.2) is 54.6 Å². The van der Waals surface area contributed by atoms with Crippen LogP contribution in [0.1, 0.15) is 81.9 Å². The molecule has 3 aromatic rings. The summed E-state index contributed by atoms with van der Waals surface area (Å²) in [6.45, 7) is 10.6. The average Bonchev–Trinajstić information content (AvgIpc) is 3.29. The molecule has 0 spiro atoms. The molecule has 0 saturated heterocycles. The minimum atomic E-state index is -0.295. The number of hydrogen-bond donors (Lipinski definition) is 1. The van der Waals surface area contributed by atoms with Crippen molar-refractivity contribution in [2.75, 3.05) is 18.4 Å². The van der Waals surface area contributed by atoms with Gasteiger partial charge in [0.05, 0.1) is 16.4 Å². The number of hydrogen-bond acceptors (Lipinski definition) is 3. The molecule has 7 heteroatoms. The highest BCUT2D eigenvalue weighted by atomic mass is 35.5. The van der Waals surface area contributed by atoms with Crippen molar-refractivity contribution in [2.45, 2.75) is 72.1 Å². The first-order valence-electron chi connectivity index (χ1n) is 13.2. The number of rotatable bonds is 11. The number of para-hydroxylation sites is 1. The molecule has 37 heavy (non-hydrogen) atoms. The smallest absolute Gasteiger partial charge is 0.254 e. The Kier molecular flexibility index (Phi) is 9.93. The second kappa shape index (κ2) is 12.9. The van der Waals surface area contributed by atoms with Gasteiger partial charge in [-0.1, -0.05) is 82.8 Å². The van der Waals surface area contributed by atoms with Crippen molar-refractivity contribution in [2.24, 2.45) is 0 Å². The molecule has 0 saturated carbocycles. The molecule has 0 atom stereocenters. The van der Waals surface area contributed by atoms with E-state index in [1.807, 2.05) is 55.5 Å². The van der Waals surface area contributed by atoms with Gasteiger partial charge in [-0.25, -0.2) is 4.68 Å². The summed E-state index contributed by atoms with van der Waals surface area (Å²) in [4.78, 5) is 27.8. The van der Waals surface area contributed by atoms with Crippen LogP contribution in [-0.4, -0.2) is 39.6 Å². The molecule has 0 aliphatic rings. The average molecular weight is 523 g/mol. The van der Waals surface area contributed by atoms with Crippen LogP contribution in [0.3, 0.4) is 0 Å². The number of aromatic nitrogens is 2. The molecule has 6 nitrogen and oxygen atoms in total. The van der Waals surface area contributed by atoms with Crippen molar-refractivity contribution >= 4 is 29.2 Å². The number of nitrogens with zero attached hydrogens (tertiary/aromatic N) is 3. The van der Waals surface area contributed by atoms with Gasteiger partial charge in [-0.3, -0.25) is 9.59 Å². The Morgan fingerprint density at radius 3 is 2.32 bits per heavy atom. The molecule has 0 bridgehead atoms. The Morgan fingerprint density at radius 1 is 1.00 bits per heavy atom. The number of nitrogens with one attached hydrogen (secondary N) is 1. The summed E-state index contributed by atoms with van der Waals surface area (Å²) in [6.07, 6.45) is 5.87. The standard InChI is InChI=1S/C30H39ClN4O2/c1-6-8-9-10-13-22-16-18-23(19-17-22)29(37)34(7-2)21-28(36)32-27-20-26(30(3,4)5)33-35(27)25-15-12-11-14-24(25)31/h11-12,14-20H,6-10,13,21H2,1-5H3,(H,32,36). The normalized spacial score (nSPS) is 11.4. The van der Waals surface area contributed by atoms with Gasteiger partial charge in [-0.2, -0.15) is 5.10 Å². The Balaban J connectivity index is 1.72. The number of carbonyl (C=O) groups excluding carboxylic acids is 2. The van der Waals surface area contributed by atoms with Crippen molar-refractivity contribution in [1.82, 2.24) is 14.7 Å². The second-order valence-electron chi connectivity index (χ2n) is 10.4. The van der Waals surface area contributed by atoms with E-state index >= 15 is 0 Å². The van der Waals surface area contributed by atoms with Gasteiger partial charge >= 0.3 is 0 Å². The molecule has 2 aromatic carbocycles. The van der Waals surface area contributed by atoms with E-state index < -0.39 is 0 Å². The van der Waals surface area contributed by atoms with Gasteiger partial charge in [0.25, 0.3) is 5.91 Å². The third-order valence-electron chi connectivity index (χ3n) is 6.35. The van der Waals surface area contributed by atoms with E-state index in [1.54, 1.807) is 15.6 Å². The molecule has 0 fully saturated rings. The molecule has 2 amide bonds. The number of aryl methyl sites for hydroxylation is 1. The fraction of sp³-hybridized carbons (Fsp3) is 0.433. The zero-order valence-corrected chi connectivity index (χ0v) is 23.4. The van der Waals surface area contributed by atoms with Gasteiger partial charge in [0, 0.05) is 23.6 Å². The lowest BCUT2D eigenvalue weighted by atomic mass is 9.92. The predicted octanol–water partition coefficient (Wildman–Crippen LogP) is 7.05. The highest BCUT2D eigenvalue weighted by molar-refractivity contribution is 6.32. The molecular formula is C30H39ClN4O2. The van der Waals surface area contributed by atoms with Crippen LogP contribution in [0.2, 0.25) is 5.02 Å². The van der Waals surface area contributed by atoms with Crippen LogP contribution in [0.4, 0.5) is 5.82 Å². The van der Waals surface area contributed by atoms with Crippen LogP contribution in [0.5, 0.6) is 0 Å². The molecule has 1 heterocycles. The van der Waals surface area contributed by atoms with Crippen molar-refractivity contribution in [3.8, 4) is 5.69 Å². The topological polar surface area (TPSA) is 67.2 Å². The van der Waals surface area contributed by atoms with Crippen molar-refractivity contribution in [3.05, 3.63) is 76.4 Å². The first-order valence-corrected chi connectivity index (χ1v) is 13.5. The van der Waals surface area contributed by atoms with Crippen molar-refractivity contribution < 1.29 is 9.59 Å². The van der Waals surface area contributed by atoms with Gasteiger partial charge in [-0.05, 0) is 49.6 Å². The predicted molar refractivity (Wildman–Crippen MR) is 152 cm³/mol. The molecule has 1 N–H and O–H groups in total. The third-order valence-corrected chi connectivity index (χ3v) is 6.67. The number of carbonyl (C=O) groups is 2. The van der Waals surface area contributed by atoms with Gasteiger partial charge in [0.1, 0.15) is 12.4 Å². The molecule has 0 aliphatic carbocycles. The minimum absolute atomic E-state index is 0.0628. The Morgan fingerprint density at radius 2 is 1.70 bits per heavy atom. The monoisotopic (exact) mass is 522 g/mol. The zero-order valence-electron chi connectivity index (χ0n) is 22.7. The Bertz CT molecular complexity index is 1200. The van der Waals surface area contributed by atoms with E-state index in [2.05, 4.69) is 33.0 Å². The fourth-order valence-electron chi connectivity index (χ4n) is 4.08. The van der Waals surface area contributed by atoms with Crippen LogP contribution >= 0.6 is 11.6 Å². The number of amides is 2. The molecule has 0 radical (unpaired) electrons. The lowest BCUT2D eigenvalue weighted by molar-refractivity contribution is -0.116. The van der Waals surface area contributed by atoms with Crippen LogP contribution < -0.4 is 5.32 Å². The summed E-state index contributed by atoms with van der Waals surface area (Å²) < 4.78 is 1.65. The SMILES string of the molecule is CCCCCCc1ccc(C(=O)N(CC)CC(=O)Nc2cc(C(C)(C)C)nn2-c2ccccc2Cl)cc1. The molecule has 0 aliphatic heterocycles. The third kappa shape index (κ3) is 7.68. The molecule has 198 valence electrons. The Hall–Kier alpha value is -3.12. The summed E-state index contributed by atoms with van der Waals surface area (Å²) in [7, 11) is 0. The van der Waals surface area contributed by atoms with E-state index in [0.29, 0.717) is 28.6 Å². The molecule has 3 rings (SSSR count). The maximum atomic E-state index is 13.2. The number of benzene rings is 2. The number of unbranched alkanes of at least 4 members (excludes halogenated alkanes) is 3. The lowest BCUT2D eigenvalue weighted by Gasteiger charge is -2.21. The van der Waals surface area contributed by atoms with Gasteiger partial charge < -0.3 is 10.2 Å². The molecule has 1 aromatic heterocycles. The largest absolute Gasteiger partial charge is 0.330 e. The van der Waals surface area contributed by atoms with Crippen LogP contribution in [-0.2, 0) is 16.6 Å². The van der Waals surface area contributed by atoms with Gasteiger partial charge in [0.15, 0.2) is 0 Å². The highest BCUT2D eigenvalue weighted by Crippen LogP contribution is 2.29. The fourth-order valence-corrected chi connectivity index (χ4v) is 4.29. The van der Waals surface area contributed by atoms with Crippen molar-refractivity contribution in [3.63, 3.8) is 0 Å². The Labute approximate surface area is 226 Å². The minimum Gasteiger partial charge on any atom is -0.330 e. The zero-order chi connectivity index (χ0) is 27.0. The maximum absolute atomic E-state index is 13.2. The summed E-state index contributed by atoms with van der Waals surface area (Å²) in [6, 6.07) is 17.0. The summed E-state index contributed by atoms with van der Waals surface area (Å²) in [5.41, 5.74) is 3.09. The van der Waals surface area contributed by atoms with E-state index in [1.165, 1.54) is 24.8 Å². The van der Waals surface area contributed by atoms with E-state index in [-0.39, 0.29) is 23.8 Å². The quantitative estimate of drug-likeness (QED) is 0.274. The maximum Gasteiger partial charge on any atom is 0.254 e. The van der Waals surface area contributed by atoms with Gasteiger partial charge in [-0.15, -0.1) is 0 Å². The molecular weight excluding hydrogens is 484 g/mol. The number of likely N-dealkylation sites (N-methyl/N-ethyl adjacent to an activating group) is 1. The van der Waals surface area contributed by atoms with Gasteiger partial charge in [0.2, 0.25) is 5.91 Å². The first kappa shape index (κ1) is 28.5. The second-order valence-corrected chi connectivity index (χ2v) is 10.8. The number of halogens is 1. The first-order chi connectivity index (χ1) is 17.6. The van der Waals surface area contributed by atoms with E-state index in [0.717, 1.165) is 18.5 Å². The van der Waals surface area contributed by atoms with Crippen LogP contribution in [0, 0.1) is 0 Å². The van der Waals surface area contributed by atoms with Crippen molar-refractivity contribution in [1.29, 1.82) is 0 Å². The molecule has 0 unspecified atom stereocenters. The summed E-state index contributed by atoms with van der Waals surface area (Å²) >= 11 is 6.43. The van der Waals surface area contributed by atoms with Crippen LogP contribution in [0.25, 0.3) is 5.69 Å².